The molecule has 0 bridgehead atoms. The fraction of sp³-hybridized carbons (Fsp3) is 0.650. The molecule has 1 aliphatic rings. The van der Waals surface area contributed by atoms with E-state index < -0.39 is 0 Å². The van der Waals surface area contributed by atoms with Crippen LogP contribution < -0.4 is 25.0 Å². The van der Waals surface area contributed by atoms with Crippen molar-refractivity contribution < 1.29 is 9.47 Å². The number of benzene rings is 1. The Balaban J connectivity index is 0.00000392. The molecule has 0 unspecified atom stereocenters. The predicted molar refractivity (Wildman–Crippen MR) is 128 cm³/mol. The molecule has 0 saturated carbocycles. The van der Waals surface area contributed by atoms with Crippen molar-refractivity contribution in [2.75, 3.05) is 66.4 Å². The molecule has 8 heteroatoms. The molecule has 0 spiro atoms. The van der Waals surface area contributed by atoms with E-state index in [1.807, 2.05) is 13.1 Å². The van der Waals surface area contributed by atoms with Crippen LogP contribution in [0.2, 0.25) is 0 Å². The molecule has 0 atom stereocenters. The highest BCUT2D eigenvalue weighted by atomic mass is 127. The molecule has 2 N–H and O–H groups in total. The molecule has 7 nitrogen and oxygen atoms in total. The van der Waals surface area contributed by atoms with Gasteiger partial charge in [0.25, 0.3) is 0 Å². The van der Waals surface area contributed by atoms with Gasteiger partial charge in [0.1, 0.15) is 11.5 Å². The van der Waals surface area contributed by atoms with Crippen LogP contribution in [-0.2, 0) is 0 Å². The topological polar surface area (TPSA) is 61.4 Å². The van der Waals surface area contributed by atoms with Crippen molar-refractivity contribution >= 4 is 35.6 Å². The largest absolute Gasteiger partial charge is 0.497 e. The number of methoxy groups -OCH3 is 2. The van der Waals surface area contributed by atoms with Gasteiger partial charge >= 0.3 is 0 Å². The molecule has 1 aliphatic heterocycles. The summed E-state index contributed by atoms with van der Waals surface area (Å²) >= 11 is 0. The van der Waals surface area contributed by atoms with Crippen LogP contribution in [0.25, 0.3) is 0 Å². The Labute approximate surface area is 186 Å². The molecule has 0 aromatic heterocycles. The molecule has 0 aliphatic carbocycles. The second-order valence-electron chi connectivity index (χ2n) is 7.13. The summed E-state index contributed by atoms with van der Waals surface area (Å²) in [4.78, 5) is 8.94. The maximum atomic E-state index is 5.39. The van der Waals surface area contributed by atoms with Crippen molar-refractivity contribution in [1.82, 2.24) is 15.5 Å². The van der Waals surface area contributed by atoms with Gasteiger partial charge in [-0.3, -0.25) is 4.99 Å². The van der Waals surface area contributed by atoms with Crippen molar-refractivity contribution in [2.45, 2.75) is 25.3 Å². The third-order valence-electron chi connectivity index (χ3n) is 4.84. The maximum absolute atomic E-state index is 5.39. The summed E-state index contributed by atoms with van der Waals surface area (Å²) in [6, 6.07) is 6.49. The fourth-order valence-corrected chi connectivity index (χ4v) is 3.25. The highest BCUT2D eigenvalue weighted by molar-refractivity contribution is 14.0. The van der Waals surface area contributed by atoms with Gasteiger partial charge in [0.05, 0.1) is 14.2 Å². The first-order chi connectivity index (χ1) is 13.0. The van der Waals surface area contributed by atoms with Crippen LogP contribution in [0.1, 0.15) is 19.3 Å². The van der Waals surface area contributed by atoms with Gasteiger partial charge in [-0.15, -0.1) is 24.0 Å². The van der Waals surface area contributed by atoms with E-state index in [1.54, 1.807) is 14.2 Å². The Morgan fingerprint density at radius 2 is 1.75 bits per heavy atom. The van der Waals surface area contributed by atoms with Gasteiger partial charge in [0.15, 0.2) is 5.96 Å². The van der Waals surface area contributed by atoms with E-state index in [1.165, 1.54) is 0 Å². The summed E-state index contributed by atoms with van der Waals surface area (Å²) in [6.45, 7) is 3.99. The second kappa shape index (κ2) is 12.9. The minimum Gasteiger partial charge on any atom is -0.497 e. The van der Waals surface area contributed by atoms with E-state index in [-0.39, 0.29) is 24.0 Å². The molecule has 160 valence electrons. The van der Waals surface area contributed by atoms with Crippen LogP contribution in [0.4, 0.5) is 5.69 Å². The first kappa shape index (κ1) is 24.6. The van der Waals surface area contributed by atoms with E-state index in [9.17, 15) is 0 Å². The number of hydrogen-bond acceptors (Lipinski definition) is 5. The van der Waals surface area contributed by atoms with E-state index in [0.717, 1.165) is 68.6 Å². The van der Waals surface area contributed by atoms with E-state index >= 15 is 0 Å². The highest BCUT2D eigenvalue weighted by Gasteiger charge is 2.21. The number of piperidine rings is 1. The molecule has 1 fully saturated rings. The maximum Gasteiger partial charge on any atom is 0.191 e. The van der Waals surface area contributed by atoms with Crippen LogP contribution in [0.5, 0.6) is 11.5 Å². The van der Waals surface area contributed by atoms with Crippen molar-refractivity contribution in [3.8, 4) is 11.5 Å². The van der Waals surface area contributed by atoms with Gasteiger partial charge < -0.3 is 29.9 Å². The molecule has 1 aromatic carbocycles. The van der Waals surface area contributed by atoms with Crippen LogP contribution in [-0.4, -0.2) is 78.4 Å². The van der Waals surface area contributed by atoms with E-state index in [2.05, 4.69) is 51.7 Å². The van der Waals surface area contributed by atoms with Gasteiger partial charge in [0, 0.05) is 56.6 Å². The molecule has 28 heavy (non-hydrogen) atoms. The number of ether oxygens (including phenoxy) is 2. The van der Waals surface area contributed by atoms with Gasteiger partial charge in [-0.25, -0.2) is 0 Å². The summed E-state index contributed by atoms with van der Waals surface area (Å²) in [7, 11) is 9.40. The van der Waals surface area contributed by atoms with Gasteiger partial charge in [-0.1, -0.05) is 0 Å². The predicted octanol–water partition coefficient (Wildman–Crippen LogP) is 2.41. The summed E-state index contributed by atoms with van der Waals surface area (Å²) in [5.74, 6) is 2.55. The Morgan fingerprint density at radius 1 is 1.14 bits per heavy atom. The number of nitrogens with zero attached hydrogens (tertiary/aromatic N) is 3. The first-order valence-corrected chi connectivity index (χ1v) is 9.65. The number of halogens is 1. The zero-order valence-electron chi connectivity index (χ0n) is 17.8. The number of guanidine groups is 1. The molecule has 1 aromatic rings. The van der Waals surface area contributed by atoms with Crippen LogP contribution in [0, 0.1) is 0 Å². The zero-order valence-corrected chi connectivity index (χ0v) is 20.2. The fourth-order valence-electron chi connectivity index (χ4n) is 3.25. The second-order valence-corrected chi connectivity index (χ2v) is 7.13. The monoisotopic (exact) mass is 505 g/mol. The van der Waals surface area contributed by atoms with E-state index in [0.29, 0.717) is 6.04 Å². The normalized spacial score (nSPS) is 15.2. The lowest BCUT2D eigenvalue weighted by Gasteiger charge is -2.34. The molecular formula is C20H36IN5O2. The van der Waals surface area contributed by atoms with Gasteiger partial charge in [0.2, 0.25) is 0 Å². The average Bonchev–Trinajstić information content (AvgIpc) is 2.70. The Kier molecular flexibility index (Phi) is 11.4. The number of nitrogens with one attached hydrogen (secondary N) is 2. The van der Waals surface area contributed by atoms with Crippen LogP contribution >= 0.6 is 24.0 Å². The first-order valence-electron chi connectivity index (χ1n) is 9.65. The molecular weight excluding hydrogens is 469 g/mol. The SMILES string of the molecule is CN=C(NCCCN(C)C)NC1CCN(c2cc(OC)cc(OC)c2)CC1.I. The van der Waals surface area contributed by atoms with Gasteiger partial charge in [-0.2, -0.15) is 0 Å². The Hall–Kier alpha value is -1.42. The third-order valence-corrected chi connectivity index (χ3v) is 4.84. The molecule has 1 saturated heterocycles. The number of rotatable bonds is 8. The smallest absolute Gasteiger partial charge is 0.191 e. The lowest BCUT2D eigenvalue weighted by Crippen LogP contribution is -2.49. The summed E-state index contributed by atoms with van der Waals surface area (Å²) in [5, 5.41) is 6.97. The van der Waals surface area contributed by atoms with Crippen molar-refractivity contribution in [3.63, 3.8) is 0 Å². The lowest BCUT2D eigenvalue weighted by molar-refractivity contribution is 0.393. The molecule has 0 radical (unpaired) electrons. The zero-order chi connectivity index (χ0) is 19.6. The number of anilines is 1. The minimum atomic E-state index is 0. The van der Waals surface area contributed by atoms with Crippen molar-refractivity contribution in [1.29, 1.82) is 0 Å². The van der Waals surface area contributed by atoms with Crippen LogP contribution in [0.3, 0.4) is 0 Å². The minimum absolute atomic E-state index is 0. The highest BCUT2D eigenvalue weighted by Crippen LogP contribution is 2.30. The van der Waals surface area contributed by atoms with Crippen LogP contribution in [0.15, 0.2) is 23.2 Å². The van der Waals surface area contributed by atoms with Crippen molar-refractivity contribution in [3.05, 3.63) is 18.2 Å². The quantitative estimate of drug-likeness (QED) is 0.245. The molecule has 1 heterocycles. The van der Waals surface area contributed by atoms with Crippen molar-refractivity contribution in [2.24, 2.45) is 4.99 Å². The summed E-state index contributed by atoms with van der Waals surface area (Å²) in [6.07, 6.45) is 3.24. The summed E-state index contributed by atoms with van der Waals surface area (Å²) in [5.41, 5.74) is 1.15. The van der Waals surface area contributed by atoms with E-state index in [4.69, 9.17) is 9.47 Å². The standard InChI is InChI=1S/C20H35N5O2.HI/c1-21-20(22-9-6-10-24(2)3)23-16-7-11-25(12-8-16)17-13-18(26-4)15-19(14-17)27-5;/h13-16H,6-12H2,1-5H3,(H2,21,22,23);1H. The summed E-state index contributed by atoms with van der Waals surface area (Å²) < 4.78 is 10.8. The average molecular weight is 505 g/mol. The lowest BCUT2D eigenvalue weighted by atomic mass is 10.0. The number of hydrogen-bond donors (Lipinski definition) is 2. The third kappa shape index (κ3) is 7.90. The number of aliphatic imine (C=N–C) groups is 1. The molecule has 0 amide bonds. The van der Waals surface area contributed by atoms with Gasteiger partial charge in [-0.05, 0) is 39.9 Å². The molecule has 2 rings (SSSR count). The Bertz CT molecular complexity index is 582. The Morgan fingerprint density at radius 3 is 2.25 bits per heavy atom.